The van der Waals surface area contributed by atoms with Gasteiger partial charge in [0.25, 0.3) is 0 Å². The van der Waals surface area contributed by atoms with Gasteiger partial charge in [0.2, 0.25) is 0 Å². The summed E-state index contributed by atoms with van der Waals surface area (Å²) in [4.78, 5) is 0. The maximum atomic E-state index is 13.9. The van der Waals surface area contributed by atoms with Crippen molar-refractivity contribution in [2.75, 3.05) is 0 Å². The van der Waals surface area contributed by atoms with E-state index in [1.165, 1.54) is 0 Å². The van der Waals surface area contributed by atoms with Gasteiger partial charge in [-0.1, -0.05) is 20.8 Å². The van der Waals surface area contributed by atoms with Crippen LogP contribution in [0.2, 0.25) is 0 Å². The molecule has 2 bridgehead atoms. The molecule has 0 aliphatic heterocycles. The minimum absolute atomic E-state index is 0.370. The fraction of sp³-hybridized carbons (Fsp3) is 1.00. The smallest absolute Gasteiger partial charge is 0.111 e. The van der Waals surface area contributed by atoms with Gasteiger partial charge in [0.1, 0.15) is 5.67 Å². The van der Waals surface area contributed by atoms with Crippen molar-refractivity contribution >= 4 is 0 Å². The highest BCUT2D eigenvalue weighted by Crippen LogP contribution is 2.61. The molecule has 0 aromatic carbocycles. The second-order valence-electron chi connectivity index (χ2n) is 6.18. The highest BCUT2D eigenvalue weighted by atomic mass is 19.1. The minimum Gasteiger partial charge on any atom is -0.244 e. The zero-order valence-electron chi connectivity index (χ0n) is 9.12. The van der Waals surface area contributed by atoms with Gasteiger partial charge >= 0.3 is 0 Å². The van der Waals surface area contributed by atoms with Crippen molar-refractivity contribution in [1.29, 1.82) is 0 Å². The van der Waals surface area contributed by atoms with Gasteiger partial charge in [-0.3, -0.25) is 0 Å². The Morgan fingerprint density at radius 1 is 0.846 bits per heavy atom. The topological polar surface area (TPSA) is 0 Å². The van der Waals surface area contributed by atoms with Crippen LogP contribution >= 0.6 is 0 Å². The molecule has 0 heterocycles. The van der Waals surface area contributed by atoms with Crippen molar-refractivity contribution in [3.63, 3.8) is 0 Å². The summed E-state index contributed by atoms with van der Waals surface area (Å²) in [7, 11) is 0. The zero-order chi connectivity index (χ0) is 9.74. The molecule has 0 nitrogen and oxygen atoms in total. The number of alkyl halides is 1. The van der Waals surface area contributed by atoms with Crippen molar-refractivity contribution in [3.8, 4) is 0 Å². The molecule has 0 spiro atoms. The van der Waals surface area contributed by atoms with Gasteiger partial charge in [-0.25, -0.2) is 4.39 Å². The average Bonchev–Trinajstić information content (AvgIpc) is 2.04. The Labute approximate surface area is 80.9 Å². The first-order chi connectivity index (χ1) is 5.87. The third kappa shape index (κ3) is 1.31. The normalized spacial score (nSPS) is 45.2. The lowest BCUT2D eigenvalue weighted by Crippen LogP contribution is -2.49. The van der Waals surface area contributed by atoms with Gasteiger partial charge in [-0.2, -0.15) is 0 Å². The Morgan fingerprint density at radius 3 is 1.54 bits per heavy atom. The number of halogens is 1. The van der Waals surface area contributed by atoms with E-state index in [-0.39, 0.29) is 0 Å². The summed E-state index contributed by atoms with van der Waals surface area (Å²) in [5.41, 5.74) is 0.0581. The lowest BCUT2D eigenvalue weighted by molar-refractivity contribution is -0.0896. The number of rotatable bonds is 0. The Balaban J connectivity index is 2.20. The quantitative estimate of drug-likeness (QED) is 0.532. The second-order valence-corrected chi connectivity index (χ2v) is 6.18. The summed E-state index contributed by atoms with van der Waals surface area (Å²) in [6.07, 6.45) is 5.83. The van der Waals surface area contributed by atoms with Crippen molar-refractivity contribution in [2.24, 2.45) is 10.8 Å². The van der Waals surface area contributed by atoms with Crippen LogP contribution in [0.15, 0.2) is 0 Å². The van der Waals surface area contributed by atoms with Crippen LogP contribution in [0, 0.1) is 10.8 Å². The van der Waals surface area contributed by atoms with Crippen LogP contribution in [0.1, 0.15) is 59.3 Å². The molecule has 0 N–H and O–H groups in total. The maximum Gasteiger partial charge on any atom is 0.111 e. The van der Waals surface area contributed by atoms with Crippen molar-refractivity contribution in [1.82, 2.24) is 0 Å². The van der Waals surface area contributed by atoms with Gasteiger partial charge in [-0.15, -0.1) is 0 Å². The molecule has 0 unspecified atom stereocenters. The SMILES string of the molecule is CC(C)(C)C12CCC(F)(CC1)CC2. The molecular weight excluding hydrogens is 163 g/mol. The monoisotopic (exact) mass is 184 g/mol. The van der Waals surface area contributed by atoms with Gasteiger partial charge in [0.15, 0.2) is 0 Å². The van der Waals surface area contributed by atoms with E-state index < -0.39 is 5.67 Å². The molecule has 0 amide bonds. The molecule has 1 heteroatoms. The van der Waals surface area contributed by atoms with Gasteiger partial charge in [-0.05, 0) is 49.4 Å². The largest absolute Gasteiger partial charge is 0.244 e. The number of hydrogen-bond donors (Lipinski definition) is 0. The van der Waals surface area contributed by atoms with Crippen LogP contribution in [0.3, 0.4) is 0 Å². The lowest BCUT2D eigenvalue weighted by Gasteiger charge is -2.56. The van der Waals surface area contributed by atoms with Crippen LogP contribution < -0.4 is 0 Å². The highest BCUT2D eigenvalue weighted by Gasteiger charge is 2.53. The molecule has 3 aliphatic carbocycles. The molecule has 0 radical (unpaired) electrons. The third-order valence-electron chi connectivity index (χ3n) is 4.75. The van der Waals surface area contributed by atoms with Crippen LogP contribution in [0.5, 0.6) is 0 Å². The lowest BCUT2D eigenvalue weighted by atomic mass is 9.50. The minimum atomic E-state index is -0.771. The first-order valence-corrected chi connectivity index (χ1v) is 5.56. The molecule has 3 saturated carbocycles. The van der Waals surface area contributed by atoms with E-state index in [0.29, 0.717) is 10.8 Å². The van der Waals surface area contributed by atoms with E-state index in [4.69, 9.17) is 0 Å². The van der Waals surface area contributed by atoms with Crippen LogP contribution in [-0.2, 0) is 0 Å². The van der Waals surface area contributed by atoms with Crippen molar-refractivity contribution < 1.29 is 4.39 Å². The number of fused-ring (bicyclic) bond motifs is 3. The molecule has 3 fully saturated rings. The summed E-state index contributed by atoms with van der Waals surface area (Å²) in [6.45, 7) is 6.97. The summed E-state index contributed by atoms with van der Waals surface area (Å²) < 4.78 is 13.9. The predicted octanol–water partition coefficient (Wildman–Crippen LogP) is 4.10. The molecule has 3 aliphatic rings. The molecule has 3 rings (SSSR count). The first kappa shape index (κ1) is 9.48. The molecular formula is C12H21F. The second kappa shape index (κ2) is 2.49. The summed E-state index contributed by atoms with van der Waals surface area (Å²) in [5, 5.41) is 0. The van der Waals surface area contributed by atoms with E-state index in [1.54, 1.807) is 0 Å². The Morgan fingerprint density at radius 2 is 1.23 bits per heavy atom. The van der Waals surface area contributed by atoms with E-state index >= 15 is 0 Å². The third-order valence-corrected chi connectivity index (χ3v) is 4.75. The summed E-state index contributed by atoms with van der Waals surface area (Å²) >= 11 is 0. The zero-order valence-corrected chi connectivity index (χ0v) is 9.12. The van der Waals surface area contributed by atoms with Crippen LogP contribution in [-0.4, -0.2) is 5.67 Å². The van der Waals surface area contributed by atoms with E-state index in [9.17, 15) is 4.39 Å². The fourth-order valence-corrected chi connectivity index (χ4v) is 3.26. The van der Waals surface area contributed by atoms with Gasteiger partial charge < -0.3 is 0 Å². The predicted molar refractivity (Wildman–Crippen MR) is 53.4 cm³/mol. The Bertz CT molecular complexity index is 187. The highest BCUT2D eigenvalue weighted by molar-refractivity contribution is 5.04. The molecule has 76 valence electrons. The van der Waals surface area contributed by atoms with Crippen LogP contribution in [0.4, 0.5) is 4.39 Å². The Kier molecular flexibility index (Phi) is 1.82. The summed E-state index contributed by atoms with van der Waals surface area (Å²) in [5.74, 6) is 0. The Hall–Kier alpha value is -0.0700. The van der Waals surface area contributed by atoms with E-state index in [1.807, 2.05) is 0 Å². The molecule has 13 heavy (non-hydrogen) atoms. The fourth-order valence-electron chi connectivity index (χ4n) is 3.26. The average molecular weight is 184 g/mol. The van der Waals surface area contributed by atoms with E-state index in [0.717, 1.165) is 38.5 Å². The van der Waals surface area contributed by atoms with E-state index in [2.05, 4.69) is 20.8 Å². The van der Waals surface area contributed by atoms with Gasteiger partial charge in [0.05, 0.1) is 0 Å². The maximum absolute atomic E-state index is 13.9. The molecule has 0 saturated heterocycles. The molecule has 0 atom stereocenters. The van der Waals surface area contributed by atoms with Gasteiger partial charge in [0, 0.05) is 0 Å². The van der Waals surface area contributed by atoms with Crippen molar-refractivity contribution in [2.45, 2.75) is 65.0 Å². The molecule has 0 aromatic heterocycles. The summed E-state index contributed by atoms with van der Waals surface area (Å²) in [6, 6.07) is 0. The first-order valence-electron chi connectivity index (χ1n) is 5.56. The van der Waals surface area contributed by atoms with Crippen LogP contribution in [0.25, 0.3) is 0 Å². The number of hydrogen-bond acceptors (Lipinski definition) is 0. The molecule has 0 aromatic rings. The van der Waals surface area contributed by atoms with Crippen molar-refractivity contribution in [3.05, 3.63) is 0 Å². The standard InChI is InChI=1S/C12H21F/c1-10(2,3)11-4-7-12(13,8-5-11)9-6-11/h4-9H2,1-3H3.